The summed E-state index contributed by atoms with van der Waals surface area (Å²) in [6.45, 7) is 0. The van der Waals surface area contributed by atoms with Crippen LogP contribution in [-0.4, -0.2) is 21.0 Å². The summed E-state index contributed by atoms with van der Waals surface area (Å²) in [6.07, 6.45) is 2.46. The van der Waals surface area contributed by atoms with Gasteiger partial charge in [0.1, 0.15) is 0 Å². The fraction of sp³-hybridized carbons (Fsp3) is 0.312. The molecule has 0 saturated carbocycles. The highest BCUT2D eigenvalue weighted by Gasteiger charge is 2.05. The van der Waals surface area contributed by atoms with Gasteiger partial charge in [-0.05, 0) is 35.7 Å². The van der Waals surface area contributed by atoms with Crippen LogP contribution in [0.25, 0.3) is 10.8 Å². The molecule has 0 aliphatic rings. The van der Waals surface area contributed by atoms with Crippen LogP contribution in [0.5, 0.6) is 0 Å². The van der Waals surface area contributed by atoms with Gasteiger partial charge in [0.15, 0.2) is 0 Å². The maximum atomic E-state index is 12.2. The smallest absolute Gasteiger partial charge is 0.303 e. The van der Waals surface area contributed by atoms with Crippen LogP contribution < -0.4 is 0 Å². The first-order valence-electron chi connectivity index (χ1n) is 6.76. The lowest BCUT2D eigenvalue weighted by atomic mass is 10.1. The number of carbonyl (C=O) groups is 1. The van der Waals surface area contributed by atoms with Crippen molar-refractivity contribution >= 4 is 27.5 Å². The molecule has 0 radical (unpaired) electrons. The number of benzene rings is 2. The molecule has 0 aliphatic heterocycles. The van der Waals surface area contributed by atoms with E-state index in [0.29, 0.717) is 12.2 Å². The van der Waals surface area contributed by atoms with E-state index in [1.54, 1.807) is 0 Å². The van der Waals surface area contributed by atoms with Gasteiger partial charge < -0.3 is 5.11 Å². The molecule has 2 rings (SSSR count). The average Bonchev–Trinajstić information content (AvgIpc) is 2.46. The molecule has 0 aromatic heterocycles. The van der Waals surface area contributed by atoms with Gasteiger partial charge in [0.05, 0.1) is 10.8 Å². The van der Waals surface area contributed by atoms with E-state index in [1.807, 2.05) is 42.5 Å². The van der Waals surface area contributed by atoms with E-state index >= 15 is 0 Å². The molecule has 0 aliphatic carbocycles. The van der Waals surface area contributed by atoms with Crippen LogP contribution in [0.15, 0.2) is 47.4 Å². The lowest BCUT2D eigenvalue weighted by Gasteiger charge is -2.04. The van der Waals surface area contributed by atoms with E-state index in [1.165, 1.54) is 0 Å². The molecule has 3 nitrogen and oxygen atoms in total. The Morgan fingerprint density at radius 2 is 1.75 bits per heavy atom. The molecule has 0 bridgehead atoms. The van der Waals surface area contributed by atoms with E-state index in [4.69, 9.17) is 5.11 Å². The molecule has 2 aromatic carbocycles. The Balaban J connectivity index is 1.89. The van der Waals surface area contributed by atoms with Crippen LogP contribution in [0.1, 0.15) is 25.7 Å². The molecule has 106 valence electrons. The predicted molar refractivity (Wildman–Crippen MR) is 81.3 cm³/mol. The topological polar surface area (TPSA) is 54.4 Å². The minimum atomic E-state index is -1.00. The van der Waals surface area contributed by atoms with Gasteiger partial charge in [-0.3, -0.25) is 9.00 Å². The first-order chi connectivity index (χ1) is 9.66. The summed E-state index contributed by atoms with van der Waals surface area (Å²) in [7, 11) is -1.00. The summed E-state index contributed by atoms with van der Waals surface area (Å²) in [5.74, 6) is -0.168. The van der Waals surface area contributed by atoms with Gasteiger partial charge in [0, 0.05) is 17.1 Å². The van der Waals surface area contributed by atoms with Crippen molar-refractivity contribution in [3.05, 3.63) is 42.5 Å². The monoisotopic (exact) mass is 290 g/mol. The van der Waals surface area contributed by atoms with Crippen LogP contribution in [0.4, 0.5) is 0 Å². The zero-order valence-electron chi connectivity index (χ0n) is 11.2. The van der Waals surface area contributed by atoms with Crippen molar-refractivity contribution < 1.29 is 14.1 Å². The third-order valence-electron chi connectivity index (χ3n) is 3.20. The number of carboxylic acids is 1. The largest absolute Gasteiger partial charge is 0.481 e. The molecular formula is C16H18O3S. The van der Waals surface area contributed by atoms with E-state index in [0.717, 1.165) is 28.5 Å². The molecule has 0 heterocycles. The van der Waals surface area contributed by atoms with E-state index in [-0.39, 0.29) is 6.42 Å². The lowest BCUT2D eigenvalue weighted by molar-refractivity contribution is -0.137. The second kappa shape index (κ2) is 7.20. The molecule has 1 atom stereocenters. The second-order valence-corrected chi connectivity index (χ2v) is 6.33. The van der Waals surface area contributed by atoms with Crippen molar-refractivity contribution in [3.63, 3.8) is 0 Å². The zero-order valence-corrected chi connectivity index (χ0v) is 12.1. The molecule has 1 N–H and O–H groups in total. The molecule has 0 fully saturated rings. The summed E-state index contributed by atoms with van der Waals surface area (Å²) >= 11 is 0. The van der Waals surface area contributed by atoms with Crippen molar-refractivity contribution in [2.75, 3.05) is 5.75 Å². The SMILES string of the molecule is O=C(O)CCCCCS(=O)c1ccc2ccccc2c1. The van der Waals surface area contributed by atoms with Crippen LogP contribution in [-0.2, 0) is 15.6 Å². The Bertz CT molecular complexity index is 622. The minimum Gasteiger partial charge on any atom is -0.481 e. The third-order valence-corrected chi connectivity index (χ3v) is 4.64. The highest BCUT2D eigenvalue weighted by atomic mass is 32.2. The first kappa shape index (κ1) is 14.7. The Morgan fingerprint density at radius 3 is 2.50 bits per heavy atom. The van der Waals surface area contributed by atoms with Gasteiger partial charge in [-0.2, -0.15) is 0 Å². The normalized spacial score (nSPS) is 12.4. The number of hydrogen-bond acceptors (Lipinski definition) is 2. The van der Waals surface area contributed by atoms with Gasteiger partial charge in [0.25, 0.3) is 0 Å². The number of fused-ring (bicyclic) bond motifs is 1. The maximum Gasteiger partial charge on any atom is 0.303 e. The van der Waals surface area contributed by atoms with Gasteiger partial charge in [0.2, 0.25) is 0 Å². The number of rotatable bonds is 7. The zero-order chi connectivity index (χ0) is 14.4. The Labute approximate surface area is 121 Å². The molecular weight excluding hydrogens is 272 g/mol. The van der Waals surface area contributed by atoms with Gasteiger partial charge >= 0.3 is 5.97 Å². The van der Waals surface area contributed by atoms with E-state index < -0.39 is 16.8 Å². The number of hydrogen-bond donors (Lipinski definition) is 1. The number of unbranched alkanes of at least 4 members (excludes halogenated alkanes) is 2. The van der Waals surface area contributed by atoms with Gasteiger partial charge in [-0.1, -0.05) is 36.8 Å². The highest BCUT2D eigenvalue weighted by molar-refractivity contribution is 7.85. The summed E-state index contributed by atoms with van der Waals surface area (Å²) in [5.41, 5.74) is 0. The molecule has 4 heteroatoms. The van der Waals surface area contributed by atoms with Crippen LogP contribution in [0.2, 0.25) is 0 Å². The lowest BCUT2D eigenvalue weighted by Crippen LogP contribution is -1.99. The Morgan fingerprint density at radius 1 is 1.00 bits per heavy atom. The van der Waals surface area contributed by atoms with Crippen LogP contribution in [0, 0.1) is 0 Å². The summed E-state index contributed by atoms with van der Waals surface area (Å²) in [4.78, 5) is 11.2. The summed E-state index contributed by atoms with van der Waals surface area (Å²) in [5, 5.41) is 10.8. The fourth-order valence-corrected chi connectivity index (χ4v) is 3.29. The van der Waals surface area contributed by atoms with Crippen molar-refractivity contribution in [1.82, 2.24) is 0 Å². The summed E-state index contributed by atoms with van der Waals surface area (Å²) in [6, 6.07) is 13.9. The number of carboxylic acid groups (broad SMARTS) is 1. The average molecular weight is 290 g/mol. The molecule has 2 aromatic rings. The second-order valence-electron chi connectivity index (χ2n) is 4.76. The van der Waals surface area contributed by atoms with Crippen LogP contribution >= 0.6 is 0 Å². The standard InChI is InChI=1S/C16H18O3S/c17-16(18)8-2-1-5-11-20(19)15-10-9-13-6-3-4-7-14(13)12-15/h3-4,6-7,9-10,12H,1-2,5,8,11H2,(H,17,18). The summed E-state index contributed by atoms with van der Waals surface area (Å²) < 4.78 is 12.2. The van der Waals surface area contributed by atoms with E-state index in [9.17, 15) is 9.00 Å². The molecule has 0 spiro atoms. The molecule has 0 amide bonds. The molecule has 1 unspecified atom stereocenters. The quantitative estimate of drug-likeness (QED) is 0.793. The highest BCUT2D eigenvalue weighted by Crippen LogP contribution is 2.18. The van der Waals surface area contributed by atoms with Crippen molar-refractivity contribution in [2.45, 2.75) is 30.6 Å². The van der Waals surface area contributed by atoms with Crippen LogP contribution in [0.3, 0.4) is 0 Å². The number of aliphatic carboxylic acids is 1. The first-order valence-corrected chi connectivity index (χ1v) is 8.08. The van der Waals surface area contributed by atoms with Gasteiger partial charge in [-0.25, -0.2) is 0 Å². The van der Waals surface area contributed by atoms with Crippen molar-refractivity contribution in [2.24, 2.45) is 0 Å². The van der Waals surface area contributed by atoms with Crippen molar-refractivity contribution in [3.8, 4) is 0 Å². The third kappa shape index (κ3) is 4.17. The fourth-order valence-electron chi connectivity index (χ4n) is 2.11. The Hall–Kier alpha value is -1.68. The van der Waals surface area contributed by atoms with Crippen molar-refractivity contribution in [1.29, 1.82) is 0 Å². The maximum absolute atomic E-state index is 12.2. The minimum absolute atomic E-state index is 0.197. The van der Waals surface area contributed by atoms with E-state index in [2.05, 4.69) is 0 Å². The molecule has 0 saturated heterocycles. The predicted octanol–water partition coefficient (Wildman–Crippen LogP) is 3.59. The molecule has 20 heavy (non-hydrogen) atoms. The Kier molecular flexibility index (Phi) is 5.30. The van der Waals surface area contributed by atoms with Gasteiger partial charge in [-0.15, -0.1) is 0 Å².